The molecule has 9 heteroatoms. The van der Waals surface area contributed by atoms with Gasteiger partial charge in [-0.2, -0.15) is 5.10 Å². The molecule has 0 saturated heterocycles. The monoisotopic (exact) mass is 489 g/mol. The molecule has 2 N–H and O–H groups in total. The highest BCUT2D eigenvalue weighted by atomic mass is 16.5. The number of nitrogens with one attached hydrogen (secondary N) is 2. The summed E-state index contributed by atoms with van der Waals surface area (Å²) in [7, 11) is 1.59. The van der Waals surface area contributed by atoms with Crippen LogP contribution in [0.3, 0.4) is 0 Å². The van der Waals surface area contributed by atoms with E-state index < -0.39 is 11.4 Å². The van der Waals surface area contributed by atoms with Crippen LogP contribution >= 0.6 is 0 Å². The third-order valence-corrected chi connectivity index (χ3v) is 6.48. The Morgan fingerprint density at radius 2 is 1.64 bits per heavy atom. The maximum absolute atomic E-state index is 13.2. The summed E-state index contributed by atoms with van der Waals surface area (Å²) in [6, 6.07) is 16.8. The smallest absolute Gasteiger partial charge is 0.272 e. The lowest BCUT2D eigenvalue weighted by atomic mass is 9.95. The van der Waals surface area contributed by atoms with Gasteiger partial charge in [-0.3, -0.25) is 19.1 Å². The maximum atomic E-state index is 13.2. The number of likely N-dealkylation sites (N-methyl/N-ethyl adjacent to an activating group) is 1. The van der Waals surface area contributed by atoms with Crippen LogP contribution in [0.1, 0.15) is 51.5 Å². The first-order chi connectivity index (χ1) is 17.2. The van der Waals surface area contributed by atoms with E-state index >= 15 is 0 Å². The number of carbonyl (C=O) groups excluding carboxylic acids is 3. The number of hydrogen-bond acceptors (Lipinski definition) is 5. The number of nitrogens with zero attached hydrogens (tertiary/aromatic N) is 3. The summed E-state index contributed by atoms with van der Waals surface area (Å²) in [6.07, 6.45) is 0. The zero-order valence-corrected chi connectivity index (χ0v) is 21.0. The van der Waals surface area contributed by atoms with Crippen molar-refractivity contribution in [2.75, 3.05) is 13.7 Å². The fraction of sp³-hybridized carbons (Fsp3) is 0.333. The molecule has 188 valence electrons. The predicted molar refractivity (Wildman–Crippen MR) is 135 cm³/mol. The van der Waals surface area contributed by atoms with E-state index in [4.69, 9.17) is 4.74 Å². The summed E-state index contributed by atoms with van der Waals surface area (Å²) in [5, 5.41) is 10.1. The van der Waals surface area contributed by atoms with E-state index in [0.29, 0.717) is 19.7 Å². The molecule has 0 saturated carbocycles. The molecule has 0 radical (unpaired) electrons. The zero-order valence-electron chi connectivity index (χ0n) is 21.0. The highest BCUT2D eigenvalue weighted by Gasteiger charge is 2.46. The second-order valence-corrected chi connectivity index (χ2v) is 9.14. The third kappa shape index (κ3) is 5.10. The van der Waals surface area contributed by atoms with E-state index in [0.717, 1.165) is 22.4 Å². The summed E-state index contributed by atoms with van der Waals surface area (Å²) in [6.45, 7) is 7.00. The first kappa shape index (κ1) is 25.0. The minimum absolute atomic E-state index is 0.127. The number of aryl methyl sites for hydroxylation is 1. The standard InChI is InChI=1S/C27H31N5O4/c1-5-36-21-12-10-20(11-13-21)15-28-24(33)22-14-23-25(34)31(4)27(3,17-32(23)30-22)26(35)29-16-19-8-6-18(2)7-9-19/h6-14H,5,15-17H2,1-4H3,(H,28,33)(H,29,35)/t27-/m1/s1. The van der Waals surface area contributed by atoms with Crippen molar-refractivity contribution in [2.24, 2.45) is 0 Å². The second kappa shape index (κ2) is 10.2. The van der Waals surface area contributed by atoms with Crippen LogP contribution in [0.25, 0.3) is 0 Å². The van der Waals surface area contributed by atoms with Crippen molar-refractivity contribution in [1.29, 1.82) is 0 Å². The van der Waals surface area contributed by atoms with Crippen molar-refractivity contribution >= 4 is 17.7 Å². The Balaban J connectivity index is 1.43. The van der Waals surface area contributed by atoms with E-state index in [1.165, 1.54) is 15.6 Å². The molecule has 0 spiro atoms. The van der Waals surface area contributed by atoms with Crippen LogP contribution < -0.4 is 15.4 Å². The predicted octanol–water partition coefficient (Wildman–Crippen LogP) is 2.68. The van der Waals surface area contributed by atoms with Crippen LogP contribution in [0.2, 0.25) is 0 Å². The Morgan fingerprint density at radius 3 is 2.28 bits per heavy atom. The molecule has 1 atom stereocenters. The molecule has 1 aromatic heterocycles. The molecule has 3 amide bonds. The van der Waals surface area contributed by atoms with E-state index in [1.807, 2.05) is 62.4 Å². The molecule has 0 fully saturated rings. The number of hydrogen-bond donors (Lipinski definition) is 2. The largest absolute Gasteiger partial charge is 0.494 e. The molecule has 0 unspecified atom stereocenters. The van der Waals surface area contributed by atoms with Gasteiger partial charge in [0.2, 0.25) is 5.91 Å². The maximum Gasteiger partial charge on any atom is 0.272 e. The lowest BCUT2D eigenvalue weighted by Gasteiger charge is -2.40. The van der Waals surface area contributed by atoms with Crippen molar-refractivity contribution in [2.45, 2.75) is 45.9 Å². The first-order valence-corrected chi connectivity index (χ1v) is 11.9. The van der Waals surface area contributed by atoms with Gasteiger partial charge in [-0.25, -0.2) is 0 Å². The topological polar surface area (TPSA) is 106 Å². The SMILES string of the molecule is CCOc1ccc(CNC(=O)c2cc3n(n2)C[C@](C)(C(=O)NCc2ccc(C)cc2)N(C)C3=O)cc1. The molecule has 0 aliphatic carbocycles. The van der Waals surface area contributed by atoms with Gasteiger partial charge in [0.1, 0.15) is 17.0 Å². The van der Waals surface area contributed by atoms with Crippen molar-refractivity contribution in [3.63, 3.8) is 0 Å². The minimum atomic E-state index is -1.16. The Kier molecular flexibility index (Phi) is 7.10. The Morgan fingerprint density at radius 1 is 1.03 bits per heavy atom. The number of ether oxygens (including phenoxy) is 1. The molecule has 9 nitrogen and oxygen atoms in total. The summed E-state index contributed by atoms with van der Waals surface area (Å²) in [5.74, 6) is -0.288. The molecule has 2 aromatic carbocycles. The molecule has 1 aliphatic heterocycles. The van der Waals surface area contributed by atoms with Gasteiger partial charge in [0.05, 0.1) is 13.2 Å². The van der Waals surface area contributed by atoms with Crippen LogP contribution in [0.15, 0.2) is 54.6 Å². The number of fused-ring (bicyclic) bond motifs is 1. The van der Waals surface area contributed by atoms with E-state index in [1.54, 1.807) is 14.0 Å². The van der Waals surface area contributed by atoms with Crippen LogP contribution in [0.5, 0.6) is 5.75 Å². The first-order valence-electron chi connectivity index (χ1n) is 11.9. The van der Waals surface area contributed by atoms with Crippen molar-refractivity contribution in [1.82, 2.24) is 25.3 Å². The highest BCUT2D eigenvalue weighted by Crippen LogP contribution is 2.26. The van der Waals surface area contributed by atoms with E-state index in [2.05, 4.69) is 15.7 Å². The lowest BCUT2D eigenvalue weighted by Crippen LogP contribution is -2.62. The molecular weight excluding hydrogens is 458 g/mol. The fourth-order valence-electron chi connectivity index (χ4n) is 4.06. The Labute approximate surface area is 210 Å². The van der Waals surface area contributed by atoms with Crippen LogP contribution in [0.4, 0.5) is 0 Å². The second-order valence-electron chi connectivity index (χ2n) is 9.14. The van der Waals surface area contributed by atoms with E-state index in [-0.39, 0.29) is 29.7 Å². The van der Waals surface area contributed by atoms with Gasteiger partial charge < -0.3 is 20.3 Å². The zero-order chi connectivity index (χ0) is 25.9. The molecule has 2 heterocycles. The summed E-state index contributed by atoms with van der Waals surface area (Å²) >= 11 is 0. The van der Waals surface area contributed by atoms with Crippen molar-refractivity contribution < 1.29 is 19.1 Å². The van der Waals surface area contributed by atoms with Crippen molar-refractivity contribution in [3.8, 4) is 5.75 Å². The number of rotatable bonds is 8. The lowest BCUT2D eigenvalue weighted by molar-refractivity contribution is -0.132. The number of carbonyl (C=O) groups is 3. The Bertz CT molecular complexity index is 1270. The number of aromatic nitrogens is 2. The summed E-state index contributed by atoms with van der Waals surface area (Å²) in [4.78, 5) is 40.4. The van der Waals surface area contributed by atoms with Gasteiger partial charge >= 0.3 is 0 Å². The number of benzene rings is 2. The van der Waals surface area contributed by atoms with E-state index in [9.17, 15) is 14.4 Å². The molecule has 1 aliphatic rings. The molecule has 4 rings (SSSR count). The summed E-state index contributed by atoms with van der Waals surface area (Å²) in [5.41, 5.74) is 2.25. The highest BCUT2D eigenvalue weighted by molar-refractivity contribution is 6.01. The van der Waals surface area contributed by atoms with Crippen LogP contribution in [-0.4, -0.2) is 51.6 Å². The van der Waals surface area contributed by atoms with Gasteiger partial charge in [0.15, 0.2) is 5.69 Å². The van der Waals surface area contributed by atoms with Gasteiger partial charge in [0.25, 0.3) is 11.8 Å². The summed E-state index contributed by atoms with van der Waals surface area (Å²) < 4.78 is 6.88. The Hall–Kier alpha value is -4.14. The molecular formula is C27H31N5O4. The van der Waals surface area contributed by atoms with Gasteiger partial charge in [-0.1, -0.05) is 42.0 Å². The molecule has 3 aromatic rings. The quantitative estimate of drug-likeness (QED) is 0.506. The van der Waals surface area contributed by atoms with Gasteiger partial charge in [-0.15, -0.1) is 0 Å². The average Bonchev–Trinajstić information content (AvgIpc) is 3.30. The van der Waals surface area contributed by atoms with Gasteiger partial charge in [-0.05, 0) is 44.0 Å². The van der Waals surface area contributed by atoms with Crippen molar-refractivity contribution in [3.05, 3.63) is 82.7 Å². The number of amides is 3. The third-order valence-electron chi connectivity index (χ3n) is 6.48. The average molecular weight is 490 g/mol. The normalized spacial score (nSPS) is 16.9. The minimum Gasteiger partial charge on any atom is -0.494 e. The molecule has 36 heavy (non-hydrogen) atoms. The van der Waals surface area contributed by atoms with Crippen LogP contribution in [-0.2, 0) is 24.4 Å². The molecule has 0 bridgehead atoms. The fourth-order valence-corrected chi connectivity index (χ4v) is 4.06. The van der Waals surface area contributed by atoms with Gasteiger partial charge in [0, 0.05) is 26.2 Å². The van der Waals surface area contributed by atoms with Crippen LogP contribution in [0, 0.1) is 6.92 Å².